The fourth-order valence-electron chi connectivity index (χ4n) is 5.07. The van der Waals surface area contributed by atoms with Crippen LogP contribution in [0.15, 0.2) is 46.6 Å². The number of hydrogen-bond donors (Lipinski definition) is 3. The van der Waals surface area contributed by atoms with Gasteiger partial charge in [0.05, 0.1) is 18.3 Å². The van der Waals surface area contributed by atoms with Crippen LogP contribution in [0.2, 0.25) is 5.02 Å². The van der Waals surface area contributed by atoms with Crippen LogP contribution in [-0.2, 0) is 6.42 Å². The van der Waals surface area contributed by atoms with Crippen LogP contribution in [0.4, 0.5) is 11.6 Å². The molecule has 5 rings (SSSR count). The lowest BCUT2D eigenvalue weighted by Crippen LogP contribution is -2.45. The number of fused-ring (bicyclic) bond motifs is 1. The predicted molar refractivity (Wildman–Crippen MR) is 136 cm³/mol. The maximum absolute atomic E-state index is 12.3. The summed E-state index contributed by atoms with van der Waals surface area (Å²) < 4.78 is 5.39. The van der Waals surface area contributed by atoms with E-state index in [1.54, 1.807) is 25.6 Å². The zero-order chi connectivity index (χ0) is 24.7. The van der Waals surface area contributed by atoms with Crippen molar-refractivity contribution < 1.29 is 9.53 Å². The highest BCUT2D eigenvalue weighted by Gasteiger charge is 2.46. The monoisotopic (exact) mass is 511 g/mol. The Morgan fingerprint density at radius 3 is 2.74 bits per heavy atom. The summed E-state index contributed by atoms with van der Waals surface area (Å²) in [5, 5.41) is 0.822. The number of amides is 1. The molecule has 2 aromatic heterocycles. The number of methoxy groups -OCH3 is 1. The summed E-state index contributed by atoms with van der Waals surface area (Å²) in [6.45, 7) is 1.40. The Kier molecular flexibility index (Phi) is 6.20. The topological polar surface area (TPSA) is 146 Å². The number of pyridine rings is 1. The molecule has 3 heterocycles. The summed E-state index contributed by atoms with van der Waals surface area (Å²) in [4.78, 5) is 28.1. The van der Waals surface area contributed by atoms with E-state index >= 15 is 0 Å². The van der Waals surface area contributed by atoms with Gasteiger partial charge in [0.15, 0.2) is 11.5 Å². The number of aromatic nitrogens is 3. The molecule has 1 fully saturated rings. The molecule has 1 saturated heterocycles. The lowest BCUT2D eigenvalue weighted by molar-refractivity contribution is 0.0994. The number of ether oxygens (including phenoxy) is 1. The van der Waals surface area contributed by atoms with Gasteiger partial charge in [-0.1, -0.05) is 29.4 Å². The van der Waals surface area contributed by atoms with Gasteiger partial charge < -0.3 is 26.8 Å². The number of halogens is 1. The minimum atomic E-state index is -0.632. The number of hydrogen-bond acceptors (Lipinski definition) is 9. The van der Waals surface area contributed by atoms with Gasteiger partial charge in [0.2, 0.25) is 0 Å². The summed E-state index contributed by atoms with van der Waals surface area (Å²) in [6, 6.07) is 7.82. The molecule has 0 radical (unpaired) electrons. The third-order valence-electron chi connectivity index (χ3n) is 7.01. The Balaban J connectivity index is 1.35. The highest BCUT2D eigenvalue weighted by atomic mass is 35.5. The number of anilines is 2. The molecular weight excluding hydrogens is 486 g/mol. The van der Waals surface area contributed by atoms with E-state index in [0.717, 1.165) is 30.6 Å². The second kappa shape index (κ2) is 9.18. The number of piperidine rings is 1. The molecule has 1 spiro atoms. The van der Waals surface area contributed by atoms with E-state index in [-0.39, 0.29) is 23.0 Å². The van der Waals surface area contributed by atoms with Crippen molar-refractivity contribution >= 4 is 40.9 Å². The first kappa shape index (κ1) is 23.7. The molecule has 0 saturated carbocycles. The first-order valence-corrected chi connectivity index (χ1v) is 12.4. The van der Waals surface area contributed by atoms with Crippen molar-refractivity contribution in [1.82, 2.24) is 15.0 Å². The van der Waals surface area contributed by atoms with Gasteiger partial charge in [0.1, 0.15) is 16.6 Å². The Bertz CT molecular complexity index is 1300. The van der Waals surface area contributed by atoms with E-state index in [1.807, 2.05) is 6.07 Å². The Labute approximate surface area is 212 Å². The van der Waals surface area contributed by atoms with Crippen molar-refractivity contribution in [2.45, 2.75) is 35.2 Å². The van der Waals surface area contributed by atoms with Crippen LogP contribution in [0, 0.1) is 5.41 Å². The molecule has 1 atom stereocenters. The molecule has 0 unspecified atom stereocenters. The average Bonchev–Trinajstić information content (AvgIpc) is 3.13. The molecule has 1 amide bonds. The van der Waals surface area contributed by atoms with Gasteiger partial charge in [-0.25, -0.2) is 15.0 Å². The van der Waals surface area contributed by atoms with Crippen LogP contribution in [0.25, 0.3) is 0 Å². The maximum atomic E-state index is 12.3. The van der Waals surface area contributed by atoms with E-state index in [2.05, 4.69) is 32.0 Å². The summed E-state index contributed by atoms with van der Waals surface area (Å²) in [5.74, 6) is 0.906. The molecule has 1 aliphatic carbocycles. The lowest BCUT2D eigenvalue weighted by atomic mass is 9.73. The van der Waals surface area contributed by atoms with E-state index in [1.165, 1.54) is 17.3 Å². The number of primary amides is 1. The van der Waals surface area contributed by atoms with E-state index in [4.69, 9.17) is 33.5 Å². The van der Waals surface area contributed by atoms with Gasteiger partial charge in [-0.05, 0) is 54.0 Å². The number of carbonyl (C=O) groups is 1. The van der Waals surface area contributed by atoms with Gasteiger partial charge >= 0.3 is 0 Å². The van der Waals surface area contributed by atoms with Crippen LogP contribution >= 0.6 is 23.4 Å². The van der Waals surface area contributed by atoms with Gasteiger partial charge in [0.25, 0.3) is 5.91 Å². The molecule has 35 heavy (non-hydrogen) atoms. The number of rotatable bonds is 5. The number of benzene rings is 1. The Hall–Kier alpha value is -3.08. The SMILES string of the molecule is COc1ccc2c(c1)[C@@H](N)C1(CCN(c3ncc(Sc4ccnc(N)c4Cl)nc3C(N)=O)CC1)C2. The largest absolute Gasteiger partial charge is 0.497 e. The minimum absolute atomic E-state index is 0.0284. The smallest absolute Gasteiger partial charge is 0.271 e. The van der Waals surface area contributed by atoms with Crippen LogP contribution in [-0.4, -0.2) is 41.1 Å². The molecule has 9 nitrogen and oxygen atoms in total. The van der Waals surface area contributed by atoms with Crippen molar-refractivity contribution in [3.63, 3.8) is 0 Å². The maximum Gasteiger partial charge on any atom is 0.271 e. The van der Waals surface area contributed by atoms with Crippen molar-refractivity contribution in [2.24, 2.45) is 16.9 Å². The van der Waals surface area contributed by atoms with Gasteiger partial charge in [-0.2, -0.15) is 0 Å². The number of carbonyl (C=O) groups excluding carboxylic acids is 1. The van der Waals surface area contributed by atoms with Gasteiger partial charge in [0, 0.05) is 30.2 Å². The van der Waals surface area contributed by atoms with Gasteiger partial charge in [-0.15, -0.1) is 0 Å². The number of nitrogen functional groups attached to an aromatic ring is 1. The van der Waals surface area contributed by atoms with Crippen molar-refractivity contribution in [3.05, 3.63) is 58.5 Å². The normalized spacial score (nSPS) is 18.5. The summed E-state index contributed by atoms with van der Waals surface area (Å²) in [7, 11) is 1.67. The fourth-order valence-corrected chi connectivity index (χ4v) is 6.08. The average molecular weight is 512 g/mol. The molecule has 11 heteroatoms. The van der Waals surface area contributed by atoms with Gasteiger partial charge in [-0.3, -0.25) is 4.79 Å². The molecule has 0 bridgehead atoms. The standard InChI is InChI=1S/C24H26ClN7O2S/c1-34-14-3-2-13-11-24(20(26)15(13)10-14)5-8-32(9-6-24)23-19(22(28)33)31-17(12-30-23)35-16-4-7-29-21(27)18(16)25/h2-4,7,10,12,20H,5-6,8-9,11,26H2,1H3,(H2,27,29)(H2,28,33)/t20-/m1/s1. The third kappa shape index (κ3) is 4.26. The van der Waals surface area contributed by atoms with Crippen LogP contribution in [0.1, 0.15) is 40.5 Å². The highest BCUT2D eigenvalue weighted by Crippen LogP contribution is 2.51. The molecule has 6 N–H and O–H groups in total. The third-order valence-corrected chi connectivity index (χ3v) is 8.48. The van der Waals surface area contributed by atoms with Crippen molar-refractivity contribution in [3.8, 4) is 5.75 Å². The Morgan fingerprint density at radius 1 is 1.26 bits per heavy atom. The van der Waals surface area contributed by atoms with Crippen LogP contribution in [0.5, 0.6) is 5.75 Å². The zero-order valence-electron chi connectivity index (χ0n) is 19.2. The highest BCUT2D eigenvalue weighted by molar-refractivity contribution is 7.99. The van der Waals surface area contributed by atoms with Crippen molar-refractivity contribution in [2.75, 3.05) is 30.8 Å². The number of nitrogens with zero attached hydrogens (tertiary/aromatic N) is 4. The predicted octanol–water partition coefficient (Wildman–Crippen LogP) is 3.21. The second-order valence-electron chi connectivity index (χ2n) is 8.92. The Morgan fingerprint density at radius 2 is 2.03 bits per heavy atom. The summed E-state index contributed by atoms with van der Waals surface area (Å²) in [5.41, 5.74) is 20.8. The number of nitrogens with two attached hydrogens (primary N) is 3. The van der Waals surface area contributed by atoms with Crippen LogP contribution in [0.3, 0.4) is 0 Å². The first-order chi connectivity index (χ1) is 16.8. The van der Waals surface area contributed by atoms with E-state index in [9.17, 15) is 4.79 Å². The van der Waals surface area contributed by atoms with Crippen molar-refractivity contribution in [1.29, 1.82) is 0 Å². The minimum Gasteiger partial charge on any atom is -0.497 e. The first-order valence-electron chi connectivity index (χ1n) is 11.2. The van der Waals surface area contributed by atoms with Crippen LogP contribution < -0.4 is 26.8 Å². The lowest BCUT2D eigenvalue weighted by Gasteiger charge is -2.42. The fraction of sp³-hybridized carbons (Fsp3) is 0.333. The van der Waals surface area contributed by atoms with E-state index < -0.39 is 5.91 Å². The van der Waals surface area contributed by atoms with E-state index in [0.29, 0.717) is 33.9 Å². The quantitative estimate of drug-likeness (QED) is 0.469. The molecule has 2 aliphatic rings. The second-order valence-corrected chi connectivity index (χ2v) is 10.4. The molecule has 182 valence electrons. The zero-order valence-corrected chi connectivity index (χ0v) is 20.8. The summed E-state index contributed by atoms with van der Waals surface area (Å²) >= 11 is 7.49. The molecular formula is C24H26ClN7O2S. The summed E-state index contributed by atoms with van der Waals surface area (Å²) in [6.07, 6.45) is 5.85. The molecule has 3 aromatic rings. The molecule has 1 aliphatic heterocycles. The molecule has 1 aromatic carbocycles.